The Bertz CT molecular complexity index is 383. The molecule has 0 aromatic heterocycles. The number of hydrogen-bond acceptors (Lipinski definition) is 3. The predicted molar refractivity (Wildman–Crippen MR) is 59.3 cm³/mol. The molecule has 1 rings (SSSR count). The molecule has 0 saturated heterocycles. The summed E-state index contributed by atoms with van der Waals surface area (Å²) < 4.78 is 0.325. The first kappa shape index (κ1) is 11.2. The maximum absolute atomic E-state index is 10.9. The third-order valence-electron chi connectivity index (χ3n) is 1.51. The summed E-state index contributed by atoms with van der Waals surface area (Å²) in [5.74, 6) is -0.903. The number of halogens is 2. The lowest BCUT2D eigenvalue weighted by Gasteiger charge is -2.02. The van der Waals surface area contributed by atoms with Crippen molar-refractivity contribution in [2.75, 3.05) is 0 Å². The Morgan fingerprint density at radius 1 is 1.57 bits per heavy atom. The first-order valence-electron chi connectivity index (χ1n) is 3.37. The second-order valence-electron chi connectivity index (χ2n) is 2.37. The Labute approximate surface area is 97.5 Å². The van der Waals surface area contributed by atoms with E-state index in [1.54, 1.807) is 22.6 Å². The highest BCUT2D eigenvalue weighted by Crippen LogP contribution is 2.30. The molecular formula is C7H4ClIN2O3. The van der Waals surface area contributed by atoms with Crippen LogP contribution >= 0.6 is 34.2 Å². The molecule has 0 aliphatic carbocycles. The van der Waals surface area contributed by atoms with E-state index in [2.05, 4.69) is 0 Å². The molecule has 7 heteroatoms. The minimum absolute atomic E-state index is 0.00961. The van der Waals surface area contributed by atoms with Crippen LogP contribution in [0.3, 0.4) is 0 Å². The number of nitrogens with zero attached hydrogens (tertiary/aromatic N) is 1. The summed E-state index contributed by atoms with van der Waals surface area (Å²) in [6, 6.07) is 2.85. The van der Waals surface area contributed by atoms with E-state index in [1.807, 2.05) is 0 Å². The van der Waals surface area contributed by atoms with Crippen LogP contribution in [0.4, 0.5) is 5.69 Å². The number of nitrogens with two attached hydrogens (primary N) is 1. The molecule has 0 radical (unpaired) electrons. The number of carbonyl (C=O) groups is 1. The van der Waals surface area contributed by atoms with Crippen LogP contribution in [0.25, 0.3) is 0 Å². The van der Waals surface area contributed by atoms with Gasteiger partial charge in [-0.05, 0) is 34.7 Å². The summed E-state index contributed by atoms with van der Waals surface area (Å²) in [4.78, 5) is 20.9. The molecule has 5 nitrogen and oxygen atoms in total. The van der Waals surface area contributed by atoms with Crippen LogP contribution in [-0.4, -0.2) is 10.8 Å². The summed E-state index contributed by atoms with van der Waals surface area (Å²) in [5, 5.41) is 10.6. The molecule has 14 heavy (non-hydrogen) atoms. The van der Waals surface area contributed by atoms with Crippen molar-refractivity contribution >= 4 is 45.8 Å². The lowest BCUT2D eigenvalue weighted by Crippen LogP contribution is -2.14. The SMILES string of the molecule is NC(=O)c1c(Cl)ccc(I)c1[N+](=O)[O-]. The van der Waals surface area contributed by atoms with Crippen molar-refractivity contribution in [1.82, 2.24) is 0 Å². The van der Waals surface area contributed by atoms with Crippen LogP contribution in [-0.2, 0) is 0 Å². The second-order valence-corrected chi connectivity index (χ2v) is 3.94. The van der Waals surface area contributed by atoms with Gasteiger partial charge in [-0.2, -0.15) is 0 Å². The van der Waals surface area contributed by atoms with Gasteiger partial charge in [-0.25, -0.2) is 0 Å². The molecule has 0 unspecified atom stereocenters. The normalized spacial score (nSPS) is 9.86. The van der Waals surface area contributed by atoms with Gasteiger partial charge in [0.15, 0.2) is 0 Å². The van der Waals surface area contributed by atoms with Gasteiger partial charge in [-0.1, -0.05) is 11.6 Å². The molecular weight excluding hydrogens is 322 g/mol. The van der Waals surface area contributed by atoms with Crippen molar-refractivity contribution in [2.45, 2.75) is 0 Å². The molecule has 0 fully saturated rings. The number of amides is 1. The topological polar surface area (TPSA) is 86.2 Å². The molecule has 0 spiro atoms. The summed E-state index contributed by atoms with van der Waals surface area (Å²) in [6.07, 6.45) is 0. The Balaban J connectivity index is 3.58. The summed E-state index contributed by atoms with van der Waals surface area (Å²) in [5.41, 5.74) is 4.40. The lowest BCUT2D eigenvalue weighted by molar-refractivity contribution is -0.386. The third kappa shape index (κ3) is 1.95. The first-order valence-corrected chi connectivity index (χ1v) is 4.83. The summed E-state index contributed by atoms with van der Waals surface area (Å²) in [7, 11) is 0. The molecule has 0 bridgehead atoms. The number of hydrogen-bond donors (Lipinski definition) is 1. The molecule has 0 aliphatic rings. The number of rotatable bonds is 2. The van der Waals surface area contributed by atoms with Crippen molar-refractivity contribution in [3.8, 4) is 0 Å². The fourth-order valence-corrected chi connectivity index (χ4v) is 1.85. The largest absolute Gasteiger partial charge is 0.365 e. The number of carbonyl (C=O) groups excluding carboxylic acids is 1. The van der Waals surface area contributed by atoms with Gasteiger partial charge < -0.3 is 5.73 Å². The third-order valence-corrected chi connectivity index (χ3v) is 2.69. The standard InChI is InChI=1S/C7H4ClIN2O3/c8-3-1-2-4(9)6(11(13)14)5(3)7(10)12/h1-2H,(H2,10,12). The van der Waals surface area contributed by atoms with E-state index in [4.69, 9.17) is 17.3 Å². The molecule has 0 aliphatic heterocycles. The van der Waals surface area contributed by atoms with Crippen LogP contribution in [0.15, 0.2) is 12.1 Å². The van der Waals surface area contributed by atoms with Gasteiger partial charge in [-0.15, -0.1) is 0 Å². The van der Waals surface area contributed by atoms with Gasteiger partial charge in [0, 0.05) is 0 Å². The van der Waals surface area contributed by atoms with Crippen LogP contribution < -0.4 is 5.73 Å². The zero-order valence-electron chi connectivity index (χ0n) is 6.66. The number of nitro groups is 1. The zero-order valence-corrected chi connectivity index (χ0v) is 9.57. The van der Waals surface area contributed by atoms with Gasteiger partial charge in [-0.3, -0.25) is 14.9 Å². The predicted octanol–water partition coefficient (Wildman–Crippen LogP) is 1.95. The lowest BCUT2D eigenvalue weighted by atomic mass is 10.2. The Morgan fingerprint density at radius 2 is 2.14 bits per heavy atom. The van der Waals surface area contributed by atoms with E-state index >= 15 is 0 Å². The fourth-order valence-electron chi connectivity index (χ4n) is 0.954. The van der Waals surface area contributed by atoms with Gasteiger partial charge in [0.2, 0.25) is 0 Å². The maximum Gasteiger partial charge on any atom is 0.296 e. The van der Waals surface area contributed by atoms with Gasteiger partial charge in [0.1, 0.15) is 5.56 Å². The number of nitro benzene ring substituents is 1. The highest BCUT2D eigenvalue weighted by Gasteiger charge is 2.24. The van der Waals surface area contributed by atoms with Crippen molar-refractivity contribution in [2.24, 2.45) is 5.73 Å². The molecule has 0 atom stereocenters. The monoisotopic (exact) mass is 326 g/mol. The van der Waals surface area contributed by atoms with E-state index in [0.717, 1.165) is 0 Å². The van der Waals surface area contributed by atoms with Gasteiger partial charge in [0.05, 0.1) is 13.5 Å². The molecule has 74 valence electrons. The maximum atomic E-state index is 10.9. The van der Waals surface area contributed by atoms with Crippen LogP contribution in [0.2, 0.25) is 5.02 Å². The molecule has 1 aromatic carbocycles. The summed E-state index contributed by atoms with van der Waals surface area (Å²) in [6.45, 7) is 0. The minimum atomic E-state index is -0.903. The van der Waals surface area contributed by atoms with Gasteiger partial charge in [0.25, 0.3) is 11.6 Å². The average molecular weight is 326 g/mol. The molecule has 1 amide bonds. The minimum Gasteiger partial charge on any atom is -0.365 e. The van der Waals surface area contributed by atoms with Crippen LogP contribution in [0.5, 0.6) is 0 Å². The number of benzene rings is 1. The summed E-state index contributed by atoms with van der Waals surface area (Å²) >= 11 is 7.37. The van der Waals surface area contributed by atoms with Crippen molar-refractivity contribution in [1.29, 1.82) is 0 Å². The van der Waals surface area contributed by atoms with Crippen molar-refractivity contribution in [3.05, 3.63) is 36.4 Å². The second kappa shape index (κ2) is 4.09. The average Bonchev–Trinajstić information content (AvgIpc) is 2.07. The van der Waals surface area contributed by atoms with E-state index in [9.17, 15) is 14.9 Å². The molecule has 1 aromatic rings. The first-order chi connectivity index (χ1) is 6.45. The van der Waals surface area contributed by atoms with E-state index in [0.29, 0.717) is 3.57 Å². The Morgan fingerprint density at radius 3 is 2.50 bits per heavy atom. The van der Waals surface area contributed by atoms with Crippen LogP contribution in [0, 0.1) is 13.7 Å². The van der Waals surface area contributed by atoms with E-state index < -0.39 is 10.8 Å². The molecule has 0 heterocycles. The number of primary amides is 1. The molecule has 0 saturated carbocycles. The highest BCUT2D eigenvalue weighted by molar-refractivity contribution is 14.1. The van der Waals surface area contributed by atoms with Gasteiger partial charge >= 0.3 is 0 Å². The van der Waals surface area contributed by atoms with E-state index in [-0.39, 0.29) is 16.3 Å². The fraction of sp³-hybridized carbons (Fsp3) is 0. The molecule has 2 N–H and O–H groups in total. The highest BCUT2D eigenvalue weighted by atomic mass is 127. The Kier molecular flexibility index (Phi) is 3.27. The smallest absolute Gasteiger partial charge is 0.296 e. The van der Waals surface area contributed by atoms with E-state index in [1.165, 1.54) is 12.1 Å². The van der Waals surface area contributed by atoms with Crippen molar-refractivity contribution in [3.63, 3.8) is 0 Å². The van der Waals surface area contributed by atoms with Crippen molar-refractivity contribution < 1.29 is 9.72 Å². The Hall–Kier alpha value is -0.890. The quantitative estimate of drug-likeness (QED) is 0.512. The van der Waals surface area contributed by atoms with Crippen LogP contribution in [0.1, 0.15) is 10.4 Å². The zero-order chi connectivity index (χ0) is 10.9.